The molecular formula is C13H5ClF6N4S. The molecule has 0 saturated heterocycles. The standard InChI is InChI=1S/C13H5ClF6N4S/c14-10-9(8-6(16)1-5(15)2-7(8)17)11(25-3-13(18,19)20)24-12(23-10)21-4-22-24/h1-2,4H,3H2. The van der Waals surface area contributed by atoms with Crippen molar-refractivity contribution in [3.05, 3.63) is 41.1 Å². The van der Waals surface area contributed by atoms with E-state index in [2.05, 4.69) is 15.1 Å². The van der Waals surface area contributed by atoms with Crippen molar-refractivity contribution >= 4 is 29.1 Å². The number of benzene rings is 1. The second-order valence-corrected chi connectivity index (χ2v) is 6.02. The molecule has 0 atom stereocenters. The van der Waals surface area contributed by atoms with Gasteiger partial charge in [-0.2, -0.15) is 32.8 Å². The number of fused-ring (bicyclic) bond motifs is 1. The van der Waals surface area contributed by atoms with E-state index in [0.717, 1.165) is 10.8 Å². The number of hydrogen-bond donors (Lipinski definition) is 0. The molecule has 0 bridgehead atoms. The molecule has 0 amide bonds. The van der Waals surface area contributed by atoms with E-state index in [0.29, 0.717) is 12.1 Å². The molecule has 0 saturated carbocycles. The van der Waals surface area contributed by atoms with Gasteiger partial charge in [0.05, 0.1) is 16.9 Å². The van der Waals surface area contributed by atoms with Crippen molar-refractivity contribution in [3.8, 4) is 11.1 Å². The van der Waals surface area contributed by atoms with Crippen LogP contribution in [0.25, 0.3) is 16.9 Å². The molecule has 1 aromatic carbocycles. The molecule has 132 valence electrons. The van der Waals surface area contributed by atoms with Crippen molar-refractivity contribution in [1.29, 1.82) is 0 Å². The molecule has 0 aliphatic carbocycles. The van der Waals surface area contributed by atoms with Gasteiger partial charge in [-0.1, -0.05) is 23.4 Å². The molecule has 0 radical (unpaired) electrons. The van der Waals surface area contributed by atoms with E-state index < -0.39 is 45.7 Å². The molecule has 2 aromatic heterocycles. The molecule has 0 spiro atoms. The minimum Gasteiger partial charge on any atom is -0.207 e. The lowest BCUT2D eigenvalue weighted by molar-refractivity contribution is -0.105. The fraction of sp³-hybridized carbons (Fsp3) is 0.154. The van der Waals surface area contributed by atoms with Crippen molar-refractivity contribution in [3.63, 3.8) is 0 Å². The van der Waals surface area contributed by atoms with Gasteiger partial charge < -0.3 is 0 Å². The van der Waals surface area contributed by atoms with E-state index >= 15 is 0 Å². The topological polar surface area (TPSA) is 43.1 Å². The van der Waals surface area contributed by atoms with Crippen LogP contribution in [-0.4, -0.2) is 31.5 Å². The molecule has 12 heteroatoms. The molecule has 3 aromatic rings. The maximum absolute atomic E-state index is 14.1. The smallest absolute Gasteiger partial charge is 0.207 e. The summed E-state index contributed by atoms with van der Waals surface area (Å²) in [4.78, 5) is 7.45. The molecule has 0 unspecified atom stereocenters. The minimum absolute atomic E-state index is 0.152. The lowest BCUT2D eigenvalue weighted by Gasteiger charge is -2.14. The van der Waals surface area contributed by atoms with Crippen molar-refractivity contribution < 1.29 is 26.3 Å². The Balaban J connectivity index is 2.29. The number of alkyl halides is 3. The first-order chi connectivity index (χ1) is 11.7. The van der Waals surface area contributed by atoms with Crippen LogP contribution in [0.2, 0.25) is 5.15 Å². The van der Waals surface area contributed by atoms with Gasteiger partial charge in [-0.15, -0.1) is 0 Å². The summed E-state index contributed by atoms with van der Waals surface area (Å²) in [6.45, 7) is 0. The molecule has 0 aliphatic heterocycles. The first-order valence-electron chi connectivity index (χ1n) is 6.41. The van der Waals surface area contributed by atoms with E-state index in [1.165, 1.54) is 0 Å². The van der Waals surface area contributed by atoms with Crippen LogP contribution in [0, 0.1) is 17.5 Å². The first-order valence-corrected chi connectivity index (χ1v) is 7.77. The Labute approximate surface area is 144 Å². The number of rotatable bonds is 3. The third kappa shape index (κ3) is 3.52. The largest absolute Gasteiger partial charge is 0.398 e. The number of thioether (sulfide) groups is 1. The third-order valence-electron chi connectivity index (χ3n) is 2.97. The van der Waals surface area contributed by atoms with Gasteiger partial charge in [0.2, 0.25) is 0 Å². The van der Waals surface area contributed by atoms with Gasteiger partial charge >= 0.3 is 6.18 Å². The molecule has 4 nitrogen and oxygen atoms in total. The third-order valence-corrected chi connectivity index (χ3v) is 4.37. The Morgan fingerprint density at radius 3 is 2.32 bits per heavy atom. The van der Waals surface area contributed by atoms with Crippen molar-refractivity contribution in [2.75, 3.05) is 5.75 Å². The van der Waals surface area contributed by atoms with E-state index in [-0.39, 0.29) is 22.6 Å². The second kappa shape index (κ2) is 6.37. The molecule has 2 heterocycles. The van der Waals surface area contributed by atoms with E-state index in [1.54, 1.807) is 0 Å². The number of aromatic nitrogens is 4. The summed E-state index contributed by atoms with van der Waals surface area (Å²) in [7, 11) is 0. The van der Waals surface area contributed by atoms with Crippen LogP contribution >= 0.6 is 23.4 Å². The fourth-order valence-electron chi connectivity index (χ4n) is 2.07. The lowest BCUT2D eigenvalue weighted by atomic mass is 10.1. The van der Waals surface area contributed by atoms with Crippen molar-refractivity contribution in [2.45, 2.75) is 11.2 Å². The average Bonchev–Trinajstić information content (AvgIpc) is 2.92. The number of hydrogen-bond acceptors (Lipinski definition) is 4. The van der Waals surface area contributed by atoms with Gasteiger partial charge in [0.1, 0.15) is 34.0 Å². The predicted octanol–water partition coefficient (Wildman–Crippen LogP) is 4.52. The highest BCUT2D eigenvalue weighted by atomic mass is 35.5. The van der Waals surface area contributed by atoms with E-state index in [4.69, 9.17) is 11.6 Å². The van der Waals surface area contributed by atoms with Gasteiger partial charge in [-0.05, 0) is 0 Å². The van der Waals surface area contributed by atoms with Crippen LogP contribution in [0.5, 0.6) is 0 Å². The average molecular weight is 399 g/mol. The van der Waals surface area contributed by atoms with Crippen LogP contribution in [0.15, 0.2) is 23.5 Å². The highest BCUT2D eigenvalue weighted by Gasteiger charge is 2.31. The summed E-state index contributed by atoms with van der Waals surface area (Å²) >= 11 is 6.12. The predicted molar refractivity (Wildman–Crippen MR) is 77.9 cm³/mol. The summed E-state index contributed by atoms with van der Waals surface area (Å²) in [6, 6.07) is 0.775. The van der Waals surface area contributed by atoms with Crippen LogP contribution in [-0.2, 0) is 0 Å². The van der Waals surface area contributed by atoms with Crippen molar-refractivity contribution in [2.24, 2.45) is 0 Å². The molecule has 25 heavy (non-hydrogen) atoms. The highest BCUT2D eigenvalue weighted by molar-refractivity contribution is 7.99. The Morgan fingerprint density at radius 2 is 1.72 bits per heavy atom. The van der Waals surface area contributed by atoms with Gasteiger partial charge in [-0.25, -0.2) is 13.2 Å². The molecular weight excluding hydrogens is 394 g/mol. The SMILES string of the molecule is Fc1cc(F)c(-c2c(Cl)nc3ncnn3c2SCC(F)(F)F)c(F)c1. The molecule has 0 N–H and O–H groups in total. The normalized spacial score (nSPS) is 12.1. The van der Waals surface area contributed by atoms with Crippen LogP contribution in [0.4, 0.5) is 26.3 Å². The lowest BCUT2D eigenvalue weighted by Crippen LogP contribution is -2.12. The van der Waals surface area contributed by atoms with Crippen molar-refractivity contribution in [1.82, 2.24) is 19.6 Å². The maximum Gasteiger partial charge on any atom is 0.398 e. The Hall–Kier alpha value is -2.01. The monoisotopic (exact) mass is 398 g/mol. The molecule has 0 aliphatic rings. The zero-order chi connectivity index (χ0) is 18.4. The fourth-order valence-corrected chi connectivity index (χ4v) is 3.28. The van der Waals surface area contributed by atoms with Gasteiger partial charge in [0.25, 0.3) is 5.78 Å². The van der Waals surface area contributed by atoms with E-state index in [1.807, 2.05) is 0 Å². The summed E-state index contributed by atoms with van der Waals surface area (Å²) in [5, 5.41) is 2.88. The van der Waals surface area contributed by atoms with Crippen LogP contribution in [0.3, 0.4) is 0 Å². The Kier molecular flexibility index (Phi) is 4.54. The summed E-state index contributed by atoms with van der Waals surface area (Å²) in [5.41, 5.74) is -1.27. The van der Waals surface area contributed by atoms with Gasteiger partial charge in [0, 0.05) is 12.1 Å². The Bertz CT molecular complexity index is 935. The van der Waals surface area contributed by atoms with E-state index in [9.17, 15) is 26.3 Å². The quantitative estimate of drug-likeness (QED) is 0.370. The highest BCUT2D eigenvalue weighted by Crippen LogP contribution is 2.40. The summed E-state index contributed by atoms with van der Waals surface area (Å²) in [6.07, 6.45) is -3.57. The van der Waals surface area contributed by atoms with Crippen LogP contribution in [0.1, 0.15) is 0 Å². The van der Waals surface area contributed by atoms with Gasteiger partial charge in [0.15, 0.2) is 0 Å². The molecule has 0 fully saturated rings. The summed E-state index contributed by atoms with van der Waals surface area (Å²) < 4.78 is 80.0. The number of halogens is 7. The van der Waals surface area contributed by atoms with Crippen LogP contribution < -0.4 is 0 Å². The minimum atomic E-state index is -4.57. The zero-order valence-corrected chi connectivity index (χ0v) is 13.4. The zero-order valence-electron chi connectivity index (χ0n) is 11.8. The maximum atomic E-state index is 14.1. The summed E-state index contributed by atoms with van der Waals surface area (Å²) in [5.74, 6) is -5.39. The molecule has 3 rings (SSSR count). The first kappa shape index (κ1) is 17.8. The second-order valence-electron chi connectivity index (χ2n) is 4.70. The van der Waals surface area contributed by atoms with Gasteiger partial charge in [-0.3, -0.25) is 0 Å². The Morgan fingerprint density at radius 1 is 1.08 bits per heavy atom. The number of nitrogens with zero attached hydrogens (tertiary/aromatic N) is 4.